The molecule has 0 saturated heterocycles. The van der Waals surface area contributed by atoms with Gasteiger partial charge >= 0.3 is 6.18 Å². The number of amides is 1. The second kappa shape index (κ2) is 7.07. The number of hydrogen-bond donors (Lipinski definition) is 2. The van der Waals surface area contributed by atoms with E-state index in [0.29, 0.717) is 24.6 Å². The number of carbonyl (C=O) groups is 1. The van der Waals surface area contributed by atoms with Gasteiger partial charge in [0, 0.05) is 24.4 Å². The molecule has 1 aliphatic heterocycles. The molecule has 0 aliphatic carbocycles. The first-order valence-corrected chi connectivity index (χ1v) is 7.69. The van der Waals surface area contributed by atoms with Crippen molar-refractivity contribution in [1.82, 2.24) is 0 Å². The third kappa shape index (κ3) is 4.33. The highest BCUT2D eigenvalue weighted by Crippen LogP contribution is 2.30. The largest absolute Gasteiger partial charge is 0.490 e. The number of hydrogen-bond acceptors (Lipinski definition) is 3. The molecule has 1 heterocycles. The summed E-state index contributed by atoms with van der Waals surface area (Å²) in [6, 6.07) is 8.22. The van der Waals surface area contributed by atoms with E-state index in [9.17, 15) is 22.4 Å². The Morgan fingerprint density at radius 2 is 2.00 bits per heavy atom. The number of fused-ring (bicyclic) bond motifs is 1. The summed E-state index contributed by atoms with van der Waals surface area (Å²) in [6.07, 6.45) is -3.75. The minimum Gasteiger partial charge on any atom is -0.490 e. The molecule has 4 nitrogen and oxygen atoms in total. The first-order valence-electron chi connectivity index (χ1n) is 7.69. The molecule has 1 aliphatic rings. The van der Waals surface area contributed by atoms with Crippen molar-refractivity contribution in [2.75, 3.05) is 23.8 Å². The van der Waals surface area contributed by atoms with Crippen LogP contribution in [0.5, 0.6) is 5.75 Å². The Morgan fingerprint density at radius 3 is 2.73 bits per heavy atom. The number of carbonyl (C=O) groups excluding carboxylic acids is 1. The van der Waals surface area contributed by atoms with Gasteiger partial charge in [-0.15, -0.1) is 0 Å². The molecule has 26 heavy (non-hydrogen) atoms. The zero-order valence-corrected chi connectivity index (χ0v) is 13.4. The van der Waals surface area contributed by atoms with Crippen LogP contribution in [0.15, 0.2) is 42.5 Å². The van der Waals surface area contributed by atoms with Gasteiger partial charge in [-0.3, -0.25) is 4.79 Å². The molecule has 0 unspecified atom stereocenters. The molecule has 0 aromatic heterocycles. The average molecular weight is 366 g/mol. The van der Waals surface area contributed by atoms with Gasteiger partial charge in [-0.25, -0.2) is 4.39 Å². The van der Waals surface area contributed by atoms with Crippen molar-refractivity contribution in [3.8, 4) is 5.75 Å². The number of halogens is 4. The topological polar surface area (TPSA) is 50.4 Å². The summed E-state index contributed by atoms with van der Waals surface area (Å²) >= 11 is 0. The molecule has 1 amide bonds. The SMILES string of the molecule is O=C(Nc1ccc2c(c1)OCCN2)c1ccc(/C=C/C(F)(F)F)cc1F. The highest BCUT2D eigenvalue weighted by atomic mass is 19.4. The van der Waals surface area contributed by atoms with Crippen molar-refractivity contribution in [3.05, 3.63) is 59.4 Å². The van der Waals surface area contributed by atoms with Gasteiger partial charge in [0.15, 0.2) is 0 Å². The summed E-state index contributed by atoms with van der Waals surface area (Å²) in [5, 5.41) is 5.67. The Morgan fingerprint density at radius 1 is 1.19 bits per heavy atom. The molecule has 2 aromatic carbocycles. The third-order valence-electron chi connectivity index (χ3n) is 3.62. The summed E-state index contributed by atoms with van der Waals surface area (Å²) in [5.74, 6) is -1.05. The minimum absolute atomic E-state index is 0.00265. The van der Waals surface area contributed by atoms with E-state index in [2.05, 4.69) is 10.6 Å². The third-order valence-corrected chi connectivity index (χ3v) is 3.62. The van der Waals surface area contributed by atoms with Gasteiger partial charge in [0.25, 0.3) is 5.91 Å². The fourth-order valence-electron chi connectivity index (χ4n) is 2.42. The van der Waals surface area contributed by atoms with Crippen molar-refractivity contribution < 1.29 is 27.1 Å². The maximum absolute atomic E-state index is 14.1. The van der Waals surface area contributed by atoms with Crippen LogP contribution in [0.2, 0.25) is 0 Å². The number of rotatable bonds is 3. The number of ether oxygens (including phenoxy) is 1. The molecule has 0 bridgehead atoms. The van der Waals surface area contributed by atoms with Gasteiger partial charge < -0.3 is 15.4 Å². The lowest BCUT2D eigenvalue weighted by atomic mass is 10.1. The summed E-state index contributed by atoms with van der Waals surface area (Å²) in [6.45, 7) is 1.17. The molecule has 0 saturated carbocycles. The van der Waals surface area contributed by atoms with Gasteiger partial charge in [0.1, 0.15) is 18.2 Å². The first kappa shape index (κ1) is 17.8. The Hall–Kier alpha value is -3.03. The van der Waals surface area contributed by atoms with Gasteiger partial charge in [-0.1, -0.05) is 6.07 Å². The van der Waals surface area contributed by atoms with E-state index in [1.54, 1.807) is 18.2 Å². The van der Waals surface area contributed by atoms with Crippen LogP contribution in [-0.4, -0.2) is 25.2 Å². The molecule has 2 N–H and O–H groups in total. The number of allylic oxidation sites excluding steroid dienone is 1. The Bertz CT molecular complexity index is 863. The Balaban J connectivity index is 1.75. The Labute approximate surface area is 146 Å². The Kier molecular flexibility index (Phi) is 4.83. The number of nitrogens with one attached hydrogen (secondary N) is 2. The first-order chi connectivity index (χ1) is 12.3. The fraction of sp³-hybridized carbons (Fsp3) is 0.167. The summed E-state index contributed by atoms with van der Waals surface area (Å²) in [4.78, 5) is 12.2. The zero-order valence-electron chi connectivity index (χ0n) is 13.4. The van der Waals surface area contributed by atoms with E-state index >= 15 is 0 Å². The molecule has 0 fully saturated rings. The maximum Gasteiger partial charge on any atom is 0.409 e. The molecule has 0 atom stereocenters. The summed E-state index contributed by atoms with van der Waals surface area (Å²) < 4.78 is 56.0. The molecular formula is C18H14F4N2O2. The minimum atomic E-state index is -4.49. The van der Waals surface area contributed by atoms with E-state index in [1.165, 1.54) is 6.07 Å². The van der Waals surface area contributed by atoms with E-state index in [-0.39, 0.29) is 17.2 Å². The summed E-state index contributed by atoms with van der Waals surface area (Å²) in [7, 11) is 0. The normalized spacial score (nSPS) is 13.7. The number of alkyl halides is 3. The van der Waals surface area contributed by atoms with Crippen LogP contribution >= 0.6 is 0 Å². The molecular weight excluding hydrogens is 352 g/mol. The molecule has 3 rings (SSSR count). The van der Waals surface area contributed by atoms with Crippen molar-refractivity contribution in [2.24, 2.45) is 0 Å². The predicted molar refractivity (Wildman–Crippen MR) is 89.9 cm³/mol. The van der Waals surface area contributed by atoms with Gasteiger partial charge in [0.05, 0.1) is 11.3 Å². The van der Waals surface area contributed by atoms with Crippen molar-refractivity contribution in [3.63, 3.8) is 0 Å². The second-order valence-electron chi connectivity index (χ2n) is 5.55. The highest BCUT2D eigenvalue weighted by Gasteiger charge is 2.22. The van der Waals surface area contributed by atoms with Crippen LogP contribution in [0.3, 0.4) is 0 Å². The van der Waals surface area contributed by atoms with Gasteiger partial charge in [-0.2, -0.15) is 13.2 Å². The van der Waals surface area contributed by atoms with E-state index in [4.69, 9.17) is 4.74 Å². The van der Waals surface area contributed by atoms with Crippen molar-refractivity contribution in [1.29, 1.82) is 0 Å². The standard InChI is InChI=1S/C18H14F4N2O2/c19-14-9-11(5-6-18(20,21)22)1-3-13(14)17(25)24-12-2-4-15-16(10-12)26-8-7-23-15/h1-6,9-10,23H,7-8H2,(H,24,25)/b6-5+. The fourth-order valence-corrected chi connectivity index (χ4v) is 2.42. The maximum atomic E-state index is 14.1. The van der Waals surface area contributed by atoms with Crippen molar-refractivity contribution >= 4 is 23.4 Å². The molecule has 0 radical (unpaired) electrons. The quantitative estimate of drug-likeness (QED) is 0.789. The zero-order chi connectivity index (χ0) is 18.7. The lowest BCUT2D eigenvalue weighted by molar-refractivity contribution is -0.0790. The van der Waals surface area contributed by atoms with E-state index < -0.39 is 17.9 Å². The van der Waals surface area contributed by atoms with Crippen LogP contribution in [0.1, 0.15) is 15.9 Å². The monoisotopic (exact) mass is 366 g/mol. The lowest BCUT2D eigenvalue weighted by Crippen LogP contribution is -2.18. The average Bonchev–Trinajstić information content (AvgIpc) is 2.59. The second-order valence-corrected chi connectivity index (χ2v) is 5.55. The number of benzene rings is 2. The van der Waals surface area contributed by atoms with Crippen molar-refractivity contribution in [2.45, 2.75) is 6.18 Å². The smallest absolute Gasteiger partial charge is 0.409 e. The highest BCUT2D eigenvalue weighted by molar-refractivity contribution is 6.04. The van der Waals surface area contributed by atoms with Crippen LogP contribution in [0.25, 0.3) is 6.08 Å². The molecule has 136 valence electrons. The summed E-state index contributed by atoms with van der Waals surface area (Å²) in [5.41, 5.74) is 0.940. The molecule has 8 heteroatoms. The van der Waals surface area contributed by atoms with Crippen LogP contribution in [-0.2, 0) is 0 Å². The number of anilines is 2. The van der Waals surface area contributed by atoms with Crippen LogP contribution in [0.4, 0.5) is 28.9 Å². The van der Waals surface area contributed by atoms with E-state index in [1.807, 2.05) is 0 Å². The lowest BCUT2D eigenvalue weighted by Gasteiger charge is -2.19. The van der Waals surface area contributed by atoms with Gasteiger partial charge in [-0.05, 0) is 35.9 Å². The predicted octanol–water partition coefficient (Wildman–Crippen LogP) is 4.46. The molecule has 2 aromatic rings. The van der Waals surface area contributed by atoms with Crippen LogP contribution < -0.4 is 15.4 Å². The van der Waals surface area contributed by atoms with E-state index in [0.717, 1.165) is 23.9 Å². The van der Waals surface area contributed by atoms with Gasteiger partial charge in [0.2, 0.25) is 0 Å². The van der Waals surface area contributed by atoms with Crippen LogP contribution in [0, 0.1) is 5.82 Å². The molecule has 0 spiro atoms.